The topological polar surface area (TPSA) is 50.9 Å². The first-order valence-corrected chi connectivity index (χ1v) is 6.13. The summed E-state index contributed by atoms with van der Waals surface area (Å²) in [5.74, 6) is 0.655. The molecule has 2 aromatic heterocycles. The summed E-state index contributed by atoms with van der Waals surface area (Å²) in [6.45, 7) is 7.56. The maximum Gasteiger partial charge on any atom is 0.159 e. The molecule has 5 heteroatoms. The highest BCUT2D eigenvalue weighted by molar-refractivity contribution is 6.31. The second kappa shape index (κ2) is 4.71. The molecular weight excluding hydrogens is 250 g/mol. The van der Waals surface area contributed by atoms with E-state index in [-0.39, 0.29) is 6.61 Å². The van der Waals surface area contributed by atoms with Crippen LogP contribution >= 0.6 is 11.6 Å². The lowest BCUT2D eigenvalue weighted by molar-refractivity contribution is 0.280. The minimum absolute atomic E-state index is 0.0651. The third kappa shape index (κ3) is 2.02. The molecular formula is C13H16ClN3O. The Hall–Kier alpha value is -1.39. The predicted octanol–water partition coefficient (Wildman–Crippen LogP) is 2.65. The number of hydrogen-bond donors (Lipinski definition) is 1. The van der Waals surface area contributed by atoms with Gasteiger partial charge in [-0.2, -0.15) is 5.10 Å². The fourth-order valence-electron chi connectivity index (χ4n) is 2.04. The molecule has 18 heavy (non-hydrogen) atoms. The average Bonchev–Trinajstić information content (AvgIpc) is 2.56. The largest absolute Gasteiger partial charge is 0.392 e. The summed E-state index contributed by atoms with van der Waals surface area (Å²) < 4.78 is 1.70. The van der Waals surface area contributed by atoms with Crippen LogP contribution in [-0.2, 0) is 6.61 Å². The number of aromatic nitrogens is 3. The molecule has 96 valence electrons. The van der Waals surface area contributed by atoms with Gasteiger partial charge in [-0.3, -0.25) is 0 Å². The van der Waals surface area contributed by atoms with E-state index in [9.17, 15) is 5.11 Å². The van der Waals surface area contributed by atoms with Crippen LogP contribution in [0.2, 0.25) is 5.02 Å². The second-order valence-corrected chi connectivity index (χ2v) is 4.82. The number of pyridine rings is 1. The fourth-order valence-corrected chi connectivity index (χ4v) is 2.16. The van der Waals surface area contributed by atoms with Crippen LogP contribution in [0.25, 0.3) is 5.82 Å². The quantitative estimate of drug-likeness (QED) is 0.908. The standard InChI is InChI=1S/C13H16ClN3O/c1-7-5-8(2)15-13(11(7)6-18)17-10(4)12(14)9(3)16-17/h5,18H,6H2,1-4H3. The lowest BCUT2D eigenvalue weighted by Crippen LogP contribution is -2.09. The minimum atomic E-state index is -0.0651. The third-order valence-corrected chi connectivity index (χ3v) is 3.56. The highest BCUT2D eigenvalue weighted by Gasteiger charge is 2.16. The first-order chi connectivity index (χ1) is 8.45. The molecule has 0 radical (unpaired) electrons. The van der Waals surface area contributed by atoms with Gasteiger partial charge in [-0.1, -0.05) is 11.6 Å². The Morgan fingerprint density at radius 1 is 1.28 bits per heavy atom. The van der Waals surface area contributed by atoms with E-state index in [0.29, 0.717) is 10.8 Å². The van der Waals surface area contributed by atoms with Crippen molar-refractivity contribution in [3.8, 4) is 5.82 Å². The van der Waals surface area contributed by atoms with Crippen molar-refractivity contribution in [1.29, 1.82) is 0 Å². The summed E-state index contributed by atoms with van der Waals surface area (Å²) in [5.41, 5.74) is 4.27. The van der Waals surface area contributed by atoms with Crippen LogP contribution in [0.1, 0.15) is 28.2 Å². The maximum atomic E-state index is 9.50. The van der Waals surface area contributed by atoms with Gasteiger partial charge in [0.2, 0.25) is 0 Å². The second-order valence-electron chi connectivity index (χ2n) is 4.44. The molecule has 0 unspecified atom stereocenters. The SMILES string of the molecule is Cc1cc(C)c(CO)c(-n2nc(C)c(Cl)c2C)n1. The van der Waals surface area contributed by atoms with Gasteiger partial charge in [-0.25, -0.2) is 9.67 Å². The van der Waals surface area contributed by atoms with Crippen LogP contribution in [0, 0.1) is 27.7 Å². The molecule has 0 aliphatic rings. The van der Waals surface area contributed by atoms with Crippen LogP contribution < -0.4 is 0 Å². The van der Waals surface area contributed by atoms with Crippen LogP contribution in [-0.4, -0.2) is 19.9 Å². The Morgan fingerprint density at radius 3 is 2.44 bits per heavy atom. The normalized spacial score (nSPS) is 11.0. The highest BCUT2D eigenvalue weighted by atomic mass is 35.5. The van der Waals surface area contributed by atoms with Crippen molar-refractivity contribution in [2.45, 2.75) is 34.3 Å². The summed E-state index contributed by atoms with van der Waals surface area (Å²) in [5, 5.41) is 14.5. The number of halogens is 1. The van der Waals surface area contributed by atoms with Gasteiger partial charge in [0.05, 0.1) is 23.0 Å². The van der Waals surface area contributed by atoms with Crippen molar-refractivity contribution in [3.63, 3.8) is 0 Å². The van der Waals surface area contributed by atoms with Crippen molar-refractivity contribution in [2.75, 3.05) is 0 Å². The summed E-state index contributed by atoms with van der Waals surface area (Å²) in [6, 6.07) is 1.95. The predicted molar refractivity (Wildman–Crippen MR) is 71.2 cm³/mol. The highest BCUT2D eigenvalue weighted by Crippen LogP contribution is 2.24. The Morgan fingerprint density at radius 2 is 1.94 bits per heavy atom. The summed E-state index contributed by atoms with van der Waals surface area (Å²) in [4.78, 5) is 4.47. The van der Waals surface area contributed by atoms with E-state index in [1.54, 1.807) is 4.68 Å². The molecule has 4 nitrogen and oxygen atoms in total. The van der Waals surface area contributed by atoms with Crippen molar-refractivity contribution in [2.24, 2.45) is 0 Å². The molecule has 0 bridgehead atoms. The van der Waals surface area contributed by atoms with Crippen LogP contribution in [0.4, 0.5) is 0 Å². The summed E-state index contributed by atoms with van der Waals surface area (Å²) in [6.07, 6.45) is 0. The van der Waals surface area contributed by atoms with Crippen LogP contribution in [0.3, 0.4) is 0 Å². The summed E-state index contributed by atoms with van der Waals surface area (Å²) in [7, 11) is 0. The van der Waals surface area contributed by atoms with E-state index >= 15 is 0 Å². The smallest absolute Gasteiger partial charge is 0.159 e. The fraction of sp³-hybridized carbons (Fsp3) is 0.385. The van der Waals surface area contributed by atoms with E-state index in [1.807, 2.05) is 33.8 Å². The molecule has 0 aliphatic heterocycles. The van der Waals surface area contributed by atoms with E-state index in [4.69, 9.17) is 11.6 Å². The minimum Gasteiger partial charge on any atom is -0.392 e. The van der Waals surface area contributed by atoms with E-state index in [2.05, 4.69) is 10.1 Å². The Kier molecular flexibility index (Phi) is 3.41. The van der Waals surface area contributed by atoms with Crippen molar-refractivity contribution in [1.82, 2.24) is 14.8 Å². The zero-order valence-corrected chi connectivity index (χ0v) is 11.7. The van der Waals surface area contributed by atoms with Gasteiger partial charge in [0, 0.05) is 11.3 Å². The molecule has 0 saturated heterocycles. The summed E-state index contributed by atoms with van der Waals surface area (Å²) >= 11 is 6.15. The number of aryl methyl sites for hydroxylation is 3. The van der Waals surface area contributed by atoms with E-state index < -0.39 is 0 Å². The zero-order valence-electron chi connectivity index (χ0n) is 11.0. The number of aliphatic hydroxyl groups excluding tert-OH is 1. The van der Waals surface area contributed by atoms with Gasteiger partial charge < -0.3 is 5.11 Å². The zero-order chi connectivity index (χ0) is 13.4. The lowest BCUT2D eigenvalue weighted by atomic mass is 10.1. The van der Waals surface area contributed by atoms with Crippen LogP contribution in [0.5, 0.6) is 0 Å². The van der Waals surface area contributed by atoms with Crippen molar-refractivity contribution < 1.29 is 5.11 Å². The number of aliphatic hydroxyl groups is 1. The van der Waals surface area contributed by atoms with Gasteiger partial charge in [0.1, 0.15) is 0 Å². The number of nitrogens with zero attached hydrogens (tertiary/aromatic N) is 3. The molecule has 0 atom stereocenters. The monoisotopic (exact) mass is 265 g/mol. The molecule has 0 saturated carbocycles. The molecule has 0 aromatic carbocycles. The molecule has 2 rings (SSSR count). The Labute approximate surface area is 111 Å². The van der Waals surface area contributed by atoms with Crippen molar-refractivity contribution >= 4 is 11.6 Å². The van der Waals surface area contributed by atoms with Gasteiger partial charge >= 0.3 is 0 Å². The maximum absolute atomic E-state index is 9.50. The Bertz CT molecular complexity index is 605. The average molecular weight is 266 g/mol. The van der Waals surface area contributed by atoms with E-state index in [1.165, 1.54) is 0 Å². The molecule has 1 N–H and O–H groups in total. The van der Waals surface area contributed by atoms with Crippen LogP contribution in [0.15, 0.2) is 6.07 Å². The lowest BCUT2D eigenvalue weighted by Gasteiger charge is -2.12. The molecule has 2 heterocycles. The molecule has 2 aromatic rings. The number of hydrogen-bond acceptors (Lipinski definition) is 3. The van der Waals surface area contributed by atoms with Crippen molar-refractivity contribution in [3.05, 3.63) is 39.3 Å². The molecule has 0 amide bonds. The van der Waals surface area contributed by atoms with Gasteiger partial charge in [-0.05, 0) is 39.3 Å². The van der Waals surface area contributed by atoms with E-state index in [0.717, 1.165) is 28.2 Å². The third-order valence-electron chi connectivity index (χ3n) is 3.02. The molecule has 0 aliphatic carbocycles. The first kappa shape index (κ1) is 13.1. The molecule has 0 fully saturated rings. The molecule has 0 spiro atoms. The number of rotatable bonds is 2. The van der Waals surface area contributed by atoms with Gasteiger partial charge in [0.15, 0.2) is 5.82 Å². The Balaban J connectivity index is 2.73. The van der Waals surface area contributed by atoms with Gasteiger partial charge in [-0.15, -0.1) is 0 Å². The van der Waals surface area contributed by atoms with Gasteiger partial charge in [0.25, 0.3) is 0 Å². The first-order valence-electron chi connectivity index (χ1n) is 5.75.